The van der Waals surface area contributed by atoms with Gasteiger partial charge >= 0.3 is 0 Å². The van der Waals surface area contributed by atoms with Crippen molar-refractivity contribution in [2.24, 2.45) is 0 Å². The van der Waals surface area contributed by atoms with Crippen LogP contribution in [0.4, 0.5) is 0 Å². The summed E-state index contributed by atoms with van der Waals surface area (Å²) in [6.45, 7) is 0. The van der Waals surface area contributed by atoms with Crippen LogP contribution in [0.3, 0.4) is 0 Å². The third-order valence-corrected chi connectivity index (χ3v) is 0. The van der Waals surface area contributed by atoms with Crippen molar-refractivity contribution in [2.45, 2.75) is 0 Å². The normalized spacial score (nSPS) is 2.00. The van der Waals surface area contributed by atoms with Gasteiger partial charge in [0.15, 0.2) is 0 Å². The first-order valence-electron chi connectivity index (χ1n) is 0.577. The van der Waals surface area contributed by atoms with Gasteiger partial charge in [-0.05, 0) is 10.1 Å². The predicted octanol–water partition coefficient (Wildman–Crippen LogP) is -1.57. The molecule has 0 N–H and O–H groups in total. The fraction of sp³-hybridized carbons (Fsp3) is 0. The van der Waals surface area contributed by atoms with Crippen LogP contribution < -0.4 is 0 Å². The molecule has 0 aromatic rings. The summed E-state index contributed by atoms with van der Waals surface area (Å²) in [6, 6.07) is 0. The van der Waals surface area contributed by atoms with Crippen molar-refractivity contribution in [1.29, 1.82) is 0 Å². The summed E-state index contributed by atoms with van der Waals surface area (Å²) in [5.41, 5.74) is 0. The Morgan fingerprint density at radius 1 is 1.25 bits per heavy atom. The van der Waals surface area contributed by atoms with Gasteiger partial charge in [0.05, 0.1) is 0 Å². The first-order chi connectivity index (χ1) is 1.00. The Kier molecular flexibility index (Phi) is 102. The standard InChI is InChI=1S/BH3Si.Nb.V/c1-2;;/h2H3;;. The molecule has 0 aliphatic rings. The summed E-state index contributed by atoms with van der Waals surface area (Å²) in [5.74, 6) is 0. The Labute approximate surface area is 58.3 Å². The second kappa shape index (κ2) is 23.2. The summed E-state index contributed by atoms with van der Waals surface area (Å²) in [7, 11) is 5.44. The van der Waals surface area contributed by atoms with Crippen LogP contribution in [0.2, 0.25) is 0 Å². The van der Waals surface area contributed by atoms with Gasteiger partial charge in [-0.3, -0.25) is 0 Å². The molecule has 4 heteroatoms. The molecule has 0 fully saturated rings. The van der Waals surface area contributed by atoms with Gasteiger partial charge in [-0.1, -0.05) is 0 Å². The Hall–Kier alpha value is 1.61. The van der Waals surface area contributed by atoms with Gasteiger partial charge in [0, 0.05) is 48.4 Å². The second-order valence-electron chi connectivity index (χ2n) is 0. The van der Waals surface area contributed by atoms with Gasteiger partial charge in [-0.25, -0.2) is 0 Å². The Morgan fingerprint density at radius 2 is 1.25 bits per heavy atom. The Balaban J connectivity index is -0.00000000500. The Morgan fingerprint density at radius 3 is 1.25 bits per heavy atom. The summed E-state index contributed by atoms with van der Waals surface area (Å²) in [4.78, 5) is 0. The third kappa shape index (κ3) is 9.49. The zero-order valence-electron chi connectivity index (χ0n) is 2.47. The third-order valence-electron chi connectivity index (χ3n) is 0. The maximum Gasteiger partial charge on any atom is 0.0434 e. The molecule has 0 rings (SSSR count). The van der Waals surface area contributed by atoms with Crippen LogP contribution in [0.1, 0.15) is 0 Å². The van der Waals surface area contributed by atoms with E-state index in [1.54, 1.807) is 0 Å². The van der Waals surface area contributed by atoms with E-state index in [4.69, 9.17) is 0 Å². The van der Waals surface area contributed by atoms with E-state index in [1.165, 1.54) is 0 Å². The van der Waals surface area contributed by atoms with Crippen LogP contribution in [0.5, 0.6) is 0 Å². The first-order valence-corrected chi connectivity index (χ1v) is 1.73. The van der Waals surface area contributed by atoms with Crippen molar-refractivity contribution in [3.05, 3.63) is 0 Å². The van der Waals surface area contributed by atoms with E-state index in [-0.39, 0.29) is 40.9 Å². The molecule has 0 bridgehead atoms. The minimum atomic E-state index is 0. The van der Waals surface area contributed by atoms with E-state index in [0.717, 1.165) is 10.1 Å². The molecule has 0 unspecified atom stereocenters. The van der Waals surface area contributed by atoms with Crippen LogP contribution >= 0.6 is 0 Å². The number of hydrogen-bond donors (Lipinski definition) is 0. The van der Waals surface area contributed by atoms with E-state index in [1.807, 2.05) is 0 Å². The van der Waals surface area contributed by atoms with Gasteiger partial charge < -0.3 is 0 Å². The molecule has 0 aliphatic carbocycles. The number of hydrogen-bond acceptors (Lipinski definition) is 0. The molecular weight excluding hydrogens is 183 g/mol. The van der Waals surface area contributed by atoms with Gasteiger partial charge in [-0.15, -0.1) is 0 Å². The van der Waals surface area contributed by atoms with Gasteiger partial charge in [0.2, 0.25) is 0 Å². The van der Waals surface area contributed by atoms with Crippen LogP contribution in [-0.4, -0.2) is 17.6 Å². The molecule has 4 radical (unpaired) electrons. The molecule has 0 aromatic carbocycles. The zero-order valence-corrected chi connectivity index (χ0v) is 8.07. The molecule has 0 atom stereocenters. The maximum atomic E-state index is 4.64. The zero-order chi connectivity index (χ0) is 2.00. The quantitative estimate of drug-likeness (QED) is 0.401. The van der Waals surface area contributed by atoms with Crippen LogP contribution in [0.25, 0.3) is 0 Å². The minimum Gasteiger partial charge on any atom is -0.0388 e. The molecule has 0 amide bonds. The second-order valence-corrected chi connectivity index (χ2v) is 0. The van der Waals surface area contributed by atoms with Crippen molar-refractivity contribution in [1.82, 2.24) is 0 Å². The SMILES string of the molecule is [B][SiH3].[Nb].[V]. The maximum absolute atomic E-state index is 4.64. The average molecular weight is 186 g/mol. The van der Waals surface area contributed by atoms with Crippen molar-refractivity contribution < 1.29 is 40.9 Å². The van der Waals surface area contributed by atoms with Gasteiger partial charge in [0.25, 0.3) is 0 Å². The minimum absolute atomic E-state index is 0. The van der Waals surface area contributed by atoms with Crippen molar-refractivity contribution in [2.75, 3.05) is 0 Å². The van der Waals surface area contributed by atoms with E-state index in [9.17, 15) is 0 Å². The molecule has 4 heavy (non-hydrogen) atoms. The molecule has 0 aromatic heterocycles. The fourth-order valence-corrected chi connectivity index (χ4v) is 0. The van der Waals surface area contributed by atoms with E-state index >= 15 is 0 Å². The van der Waals surface area contributed by atoms with Crippen LogP contribution in [-0.2, 0) is 40.9 Å². The molecule has 0 spiro atoms. The topological polar surface area (TPSA) is 0 Å². The summed E-state index contributed by atoms with van der Waals surface area (Å²) < 4.78 is 0. The van der Waals surface area contributed by atoms with E-state index in [2.05, 4.69) is 7.44 Å². The Bertz CT molecular complexity index is 8.00. The summed E-state index contributed by atoms with van der Waals surface area (Å²) in [6.07, 6.45) is 0. The molecule has 0 saturated carbocycles. The van der Waals surface area contributed by atoms with E-state index in [0.29, 0.717) is 0 Å². The first kappa shape index (κ1) is 17.5. The molecular formula is H3BNbSiV. The number of rotatable bonds is 0. The predicted molar refractivity (Wildman–Crippen MR) is 15.7 cm³/mol. The molecule has 0 saturated heterocycles. The molecule has 20 valence electrons. The van der Waals surface area contributed by atoms with Crippen LogP contribution in [0, 0.1) is 0 Å². The smallest absolute Gasteiger partial charge is 0.0388 e. The molecule has 0 heterocycles. The largest absolute Gasteiger partial charge is 0.0434 e. The van der Waals surface area contributed by atoms with Crippen molar-refractivity contribution in [3.8, 4) is 0 Å². The average Bonchev–Trinajstić information content (AvgIpc) is 1.00. The summed E-state index contributed by atoms with van der Waals surface area (Å²) in [5, 5.41) is 0. The summed E-state index contributed by atoms with van der Waals surface area (Å²) >= 11 is 0. The monoisotopic (exact) mass is 186 g/mol. The van der Waals surface area contributed by atoms with Gasteiger partial charge in [-0.2, -0.15) is 0 Å². The van der Waals surface area contributed by atoms with E-state index < -0.39 is 0 Å². The molecule has 0 aliphatic heterocycles. The fourth-order valence-electron chi connectivity index (χ4n) is 0. The van der Waals surface area contributed by atoms with Crippen molar-refractivity contribution in [3.63, 3.8) is 0 Å². The molecule has 0 nitrogen and oxygen atoms in total. The van der Waals surface area contributed by atoms with Crippen LogP contribution in [0.15, 0.2) is 0 Å². The van der Waals surface area contributed by atoms with Gasteiger partial charge in [0.1, 0.15) is 0 Å². The van der Waals surface area contributed by atoms with Crippen molar-refractivity contribution >= 4 is 17.6 Å².